The minimum absolute atomic E-state index is 0.177. The van der Waals surface area contributed by atoms with Crippen molar-refractivity contribution in [1.29, 1.82) is 0 Å². The third-order valence-electron chi connectivity index (χ3n) is 2.92. The minimum Gasteiger partial charge on any atom is -0.444 e. The van der Waals surface area contributed by atoms with Crippen LogP contribution in [0.3, 0.4) is 0 Å². The number of amides is 2. The van der Waals surface area contributed by atoms with Crippen LogP contribution in [-0.2, 0) is 11.3 Å². The summed E-state index contributed by atoms with van der Waals surface area (Å²) in [6.07, 6.45) is -0.558. The predicted molar refractivity (Wildman–Crippen MR) is 84.7 cm³/mol. The Morgan fingerprint density at radius 3 is 2.55 bits per heavy atom. The summed E-state index contributed by atoms with van der Waals surface area (Å²) in [7, 11) is 0. The van der Waals surface area contributed by atoms with Gasteiger partial charge in [0, 0.05) is 17.8 Å². The maximum Gasteiger partial charge on any atom is 0.411 e. The lowest BCUT2D eigenvalue weighted by molar-refractivity contribution is 0.0955. The van der Waals surface area contributed by atoms with E-state index in [2.05, 4.69) is 10.6 Å². The molecule has 0 heterocycles. The van der Waals surface area contributed by atoms with Gasteiger partial charge in [-0.2, -0.15) is 0 Å². The van der Waals surface area contributed by atoms with Gasteiger partial charge in [-0.1, -0.05) is 36.4 Å². The summed E-state index contributed by atoms with van der Waals surface area (Å²) >= 11 is 0. The molecule has 0 spiro atoms. The standard InChI is InChI=1S/C17H18N2O3/c1-2-18-16(20)14-9-6-10-15(11-14)19-17(21)22-12-13-7-4-3-5-8-13/h3-11H,2,12H2,1H3,(H,18,20)(H,19,21). The Labute approximate surface area is 129 Å². The number of carbonyl (C=O) groups is 2. The van der Waals surface area contributed by atoms with Crippen molar-refractivity contribution in [2.75, 3.05) is 11.9 Å². The second-order valence-electron chi connectivity index (χ2n) is 4.63. The molecule has 0 aliphatic carbocycles. The predicted octanol–water partition coefficient (Wildman–Crippen LogP) is 3.19. The molecule has 2 aromatic rings. The van der Waals surface area contributed by atoms with Crippen LogP contribution in [0.25, 0.3) is 0 Å². The second-order valence-corrected chi connectivity index (χ2v) is 4.63. The quantitative estimate of drug-likeness (QED) is 0.891. The lowest BCUT2D eigenvalue weighted by Crippen LogP contribution is -2.22. The van der Waals surface area contributed by atoms with Crippen molar-refractivity contribution in [3.63, 3.8) is 0 Å². The van der Waals surface area contributed by atoms with Crippen molar-refractivity contribution in [1.82, 2.24) is 5.32 Å². The fraction of sp³-hybridized carbons (Fsp3) is 0.176. The molecule has 2 amide bonds. The maximum absolute atomic E-state index is 11.8. The Morgan fingerprint density at radius 2 is 1.82 bits per heavy atom. The van der Waals surface area contributed by atoms with E-state index in [-0.39, 0.29) is 12.5 Å². The first-order chi connectivity index (χ1) is 10.7. The molecule has 0 saturated carbocycles. The highest BCUT2D eigenvalue weighted by Crippen LogP contribution is 2.11. The summed E-state index contributed by atoms with van der Waals surface area (Å²) in [5.41, 5.74) is 1.92. The van der Waals surface area contributed by atoms with Crippen LogP contribution in [0.1, 0.15) is 22.8 Å². The first kappa shape index (κ1) is 15.6. The van der Waals surface area contributed by atoms with Crippen molar-refractivity contribution >= 4 is 17.7 Å². The summed E-state index contributed by atoms with van der Waals surface area (Å²) in [5, 5.41) is 5.31. The molecular formula is C17H18N2O3. The van der Waals surface area contributed by atoms with Gasteiger partial charge in [-0.15, -0.1) is 0 Å². The molecule has 22 heavy (non-hydrogen) atoms. The van der Waals surface area contributed by atoms with Gasteiger partial charge in [-0.3, -0.25) is 10.1 Å². The van der Waals surface area contributed by atoms with E-state index >= 15 is 0 Å². The average Bonchev–Trinajstić information content (AvgIpc) is 2.54. The molecular weight excluding hydrogens is 280 g/mol. The lowest BCUT2D eigenvalue weighted by atomic mass is 10.2. The van der Waals surface area contributed by atoms with Crippen LogP contribution in [0.4, 0.5) is 10.5 Å². The van der Waals surface area contributed by atoms with E-state index in [1.54, 1.807) is 24.3 Å². The summed E-state index contributed by atoms with van der Waals surface area (Å²) in [5.74, 6) is -0.177. The molecule has 0 radical (unpaired) electrons. The summed E-state index contributed by atoms with van der Waals surface area (Å²) in [6, 6.07) is 16.1. The largest absolute Gasteiger partial charge is 0.444 e. The molecule has 2 rings (SSSR count). The van der Waals surface area contributed by atoms with E-state index < -0.39 is 6.09 Å². The third-order valence-corrected chi connectivity index (χ3v) is 2.92. The molecule has 5 heteroatoms. The highest BCUT2D eigenvalue weighted by molar-refractivity contribution is 5.96. The van der Waals surface area contributed by atoms with Crippen LogP contribution in [0.15, 0.2) is 54.6 Å². The van der Waals surface area contributed by atoms with Gasteiger partial charge in [0.2, 0.25) is 0 Å². The first-order valence-electron chi connectivity index (χ1n) is 7.05. The van der Waals surface area contributed by atoms with Gasteiger partial charge in [0.1, 0.15) is 6.61 Å². The van der Waals surface area contributed by atoms with E-state index in [1.807, 2.05) is 37.3 Å². The smallest absolute Gasteiger partial charge is 0.411 e. The molecule has 0 saturated heterocycles. The van der Waals surface area contributed by atoms with Gasteiger partial charge in [0.05, 0.1) is 0 Å². The summed E-state index contributed by atoms with van der Waals surface area (Å²) < 4.78 is 5.13. The zero-order valence-corrected chi connectivity index (χ0v) is 12.3. The average molecular weight is 298 g/mol. The number of benzene rings is 2. The second kappa shape index (κ2) is 7.83. The molecule has 0 atom stereocenters. The molecule has 2 aromatic carbocycles. The van der Waals surface area contributed by atoms with E-state index in [4.69, 9.17) is 4.74 Å². The van der Waals surface area contributed by atoms with Crippen molar-refractivity contribution in [2.24, 2.45) is 0 Å². The minimum atomic E-state index is -0.558. The van der Waals surface area contributed by atoms with Crippen molar-refractivity contribution in [3.8, 4) is 0 Å². The molecule has 114 valence electrons. The van der Waals surface area contributed by atoms with Crippen molar-refractivity contribution in [3.05, 3.63) is 65.7 Å². The maximum atomic E-state index is 11.8. The number of hydrogen-bond donors (Lipinski definition) is 2. The summed E-state index contributed by atoms with van der Waals surface area (Å²) in [4.78, 5) is 23.5. The lowest BCUT2D eigenvalue weighted by Gasteiger charge is -2.08. The van der Waals surface area contributed by atoms with Crippen LogP contribution in [0, 0.1) is 0 Å². The van der Waals surface area contributed by atoms with E-state index in [9.17, 15) is 9.59 Å². The van der Waals surface area contributed by atoms with Crippen LogP contribution in [0.2, 0.25) is 0 Å². The van der Waals surface area contributed by atoms with Gasteiger partial charge in [0.25, 0.3) is 5.91 Å². The Kier molecular flexibility index (Phi) is 5.54. The van der Waals surface area contributed by atoms with Gasteiger partial charge in [-0.25, -0.2) is 4.79 Å². The molecule has 0 bridgehead atoms. The molecule has 0 fully saturated rings. The van der Waals surface area contributed by atoms with Gasteiger partial charge in [0.15, 0.2) is 0 Å². The van der Waals surface area contributed by atoms with E-state index in [1.165, 1.54) is 0 Å². The molecule has 0 unspecified atom stereocenters. The Morgan fingerprint density at radius 1 is 1.05 bits per heavy atom. The zero-order valence-electron chi connectivity index (χ0n) is 12.3. The SMILES string of the molecule is CCNC(=O)c1cccc(NC(=O)OCc2ccccc2)c1. The van der Waals surface area contributed by atoms with Gasteiger partial charge in [-0.05, 0) is 30.7 Å². The van der Waals surface area contributed by atoms with Gasteiger partial charge >= 0.3 is 6.09 Å². The molecule has 0 aliphatic heterocycles. The van der Waals surface area contributed by atoms with Crippen molar-refractivity contribution in [2.45, 2.75) is 13.5 Å². The van der Waals surface area contributed by atoms with E-state index in [0.717, 1.165) is 5.56 Å². The van der Waals surface area contributed by atoms with Crippen LogP contribution in [0.5, 0.6) is 0 Å². The number of carbonyl (C=O) groups excluding carboxylic acids is 2. The van der Waals surface area contributed by atoms with Crippen LogP contribution >= 0.6 is 0 Å². The topological polar surface area (TPSA) is 67.4 Å². The number of nitrogens with one attached hydrogen (secondary N) is 2. The number of anilines is 1. The molecule has 5 nitrogen and oxygen atoms in total. The molecule has 0 aliphatic rings. The Bertz CT molecular complexity index is 641. The zero-order chi connectivity index (χ0) is 15.8. The normalized spacial score (nSPS) is 9.86. The monoisotopic (exact) mass is 298 g/mol. The number of ether oxygens (including phenoxy) is 1. The summed E-state index contributed by atoms with van der Waals surface area (Å²) in [6.45, 7) is 2.60. The highest BCUT2D eigenvalue weighted by Gasteiger charge is 2.07. The third kappa shape index (κ3) is 4.63. The number of rotatable bonds is 5. The highest BCUT2D eigenvalue weighted by atomic mass is 16.5. The Balaban J connectivity index is 1.91. The number of hydrogen-bond acceptors (Lipinski definition) is 3. The van der Waals surface area contributed by atoms with Crippen LogP contribution in [-0.4, -0.2) is 18.5 Å². The Hall–Kier alpha value is -2.82. The van der Waals surface area contributed by atoms with Crippen molar-refractivity contribution < 1.29 is 14.3 Å². The molecule has 2 N–H and O–H groups in total. The fourth-order valence-corrected chi connectivity index (χ4v) is 1.88. The van der Waals surface area contributed by atoms with Crippen LogP contribution < -0.4 is 10.6 Å². The van der Waals surface area contributed by atoms with E-state index in [0.29, 0.717) is 17.8 Å². The molecule has 0 aromatic heterocycles. The van der Waals surface area contributed by atoms with Gasteiger partial charge < -0.3 is 10.1 Å². The fourth-order valence-electron chi connectivity index (χ4n) is 1.88. The first-order valence-corrected chi connectivity index (χ1v) is 7.05.